The van der Waals surface area contributed by atoms with Gasteiger partial charge < -0.3 is 21.1 Å². The molecule has 8 heteroatoms. The number of carbonyl (C=O) groups excluding carboxylic acids is 2. The average molecular weight is 430 g/mol. The molecule has 0 aliphatic heterocycles. The Morgan fingerprint density at radius 2 is 1.81 bits per heavy atom. The van der Waals surface area contributed by atoms with Crippen molar-refractivity contribution in [1.29, 1.82) is 5.26 Å². The Labute approximate surface area is 184 Å². The number of hydrogen-bond donors (Lipinski definition) is 4. The van der Waals surface area contributed by atoms with Crippen LogP contribution in [-0.2, 0) is 16.1 Å². The molecule has 0 saturated heterocycles. The number of nitrogens with one attached hydrogen (secondary N) is 3. The number of carboxylic acid groups (broad SMARTS) is 1. The summed E-state index contributed by atoms with van der Waals surface area (Å²) in [6.45, 7) is 1.66. The third-order valence-corrected chi connectivity index (χ3v) is 4.86. The van der Waals surface area contributed by atoms with E-state index in [1.165, 1.54) is 6.92 Å². The normalized spacial score (nSPS) is 11.2. The van der Waals surface area contributed by atoms with Gasteiger partial charge in [-0.05, 0) is 53.6 Å². The molecule has 0 heterocycles. The molecule has 1 unspecified atom stereocenters. The van der Waals surface area contributed by atoms with Gasteiger partial charge in [0.05, 0.1) is 18.2 Å². The van der Waals surface area contributed by atoms with Crippen molar-refractivity contribution in [3.63, 3.8) is 0 Å². The molecular weight excluding hydrogens is 408 g/mol. The first-order valence-electron chi connectivity index (χ1n) is 9.93. The van der Waals surface area contributed by atoms with Crippen LogP contribution in [0, 0.1) is 11.3 Å². The highest BCUT2D eigenvalue weighted by atomic mass is 16.4. The molecule has 32 heavy (non-hydrogen) atoms. The summed E-state index contributed by atoms with van der Waals surface area (Å²) >= 11 is 0. The quantitative estimate of drug-likeness (QED) is 0.434. The first kappa shape index (κ1) is 22.3. The molecule has 3 aromatic rings. The van der Waals surface area contributed by atoms with Gasteiger partial charge in [-0.15, -0.1) is 0 Å². The SMILES string of the molecule is CC(NC(=O)CNc1ccc2c(C(=O)NCc3ccc(C#N)cc3)cccc2c1)C(=O)O. The summed E-state index contributed by atoms with van der Waals surface area (Å²) in [6, 6.07) is 18.9. The molecule has 1 atom stereocenters. The number of amides is 2. The standard InChI is InChI=1S/C24H22N4O4/c1-15(24(31)32)28-22(29)14-26-19-9-10-20-18(11-19)3-2-4-21(20)23(30)27-13-17-7-5-16(12-25)6-8-17/h2-11,15,26H,13-14H2,1H3,(H,27,30)(H,28,29)(H,31,32). The van der Waals surface area contributed by atoms with Gasteiger partial charge in [0.1, 0.15) is 6.04 Å². The van der Waals surface area contributed by atoms with Crippen LogP contribution in [-0.4, -0.2) is 35.5 Å². The second kappa shape index (κ2) is 10.1. The highest BCUT2D eigenvalue weighted by molar-refractivity contribution is 6.07. The molecule has 0 aromatic heterocycles. The van der Waals surface area contributed by atoms with Crippen LogP contribution in [0.5, 0.6) is 0 Å². The van der Waals surface area contributed by atoms with Crippen LogP contribution in [0.15, 0.2) is 60.7 Å². The lowest BCUT2D eigenvalue weighted by Gasteiger charge is -2.12. The first-order valence-corrected chi connectivity index (χ1v) is 9.93. The van der Waals surface area contributed by atoms with Gasteiger partial charge in [-0.1, -0.05) is 30.3 Å². The molecule has 3 aromatic carbocycles. The predicted octanol–water partition coefficient (Wildman–Crippen LogP) is 2.64. The zero-order valence-corrected chi connectivity index (χ0v) is 17.4. The predicted molar refractivity (Wildman–Crippen MR) is 120 cm³/mol. The summed E-state index contributed by atoms with van der Waals surface area (Å²) in [6.07, 6.45) is 0. The van der Waals surface area contributed by atoms with Crippen molar-refractivity contribution < 1.29 is 19.5 Å². The van der Waals surface area contributed by atoms with E-state index in [0.717, 1.165) is 16.3 Å². The van der Waals surface area contributed by atoms with E-state index in [-0.39, 0.29) is 12.5 Å². The molecule has 0 radical (unpaired) electrons. The monoisotopic (exact) mass is 430 g/mol. The minimum atomic E-state index is -1.10. The van der Waals surface area contributed by atoms with E-state index in [1.54, 1.807) is 48.5 Å². The number of carbonyl (C=O) groups is 3. The van der Waals surface area contributed by atoms with Gasteiger partial charge in [-0.2, -0.15) is 5.26 Å². The van der Waals surface area contributed by atoms with E-state index in [9.17, 15) is 14.4 Å². The Balaban J connectivity index is 1.66. The third kappa shape index (κ3) is 5.61. The number of rotatable bonds is 8. The highest BCUT2D eigenvalue weighted by Gasteiger charge is 2.14. The average Bonchev–Trinajstić information content (AvgIpc) is 2.80. The van der Waals surface area contributed by atoms with Crippen molar-refractivity contribution in [1.82, 2.24) is 10.6 Å². The van der Waals surface area contributed by atoms with Crippen LogP contribution in [0.3, 0.4) is 0 Å². The third-order valence-electron chi connectivity index (χ3n) is 4.86. The van der Waals surface area contributed by atoms with Gasteiger partial charge in [0.2, 0.25) is 5.91 Å². The maximum atomic E-state index is 12.7. The summed E-state index contributed by atoms with van der Waals surface area (Å²) in [5, 5.41) is 27.5. The number of anilines is 1. The lowest BCUT2D eigenvalue weighted by Crippen LogP contribution is -2.41. The molecule has 3 rings (SSSR count). The van der Waals surface area contributed by atoms with E-state index in [4.69, 9.17) is 10.4 Å². The maximum absolute atomic E-state index is 12.7. The van der Waals surface area contributed by atoms with Gasteiger partial charge >= 0.3 is 5.97 Å². The Kier molecular flexibility index (Phi) is 7.03. The van der Waals surface area contributed by atoms with Gasteiger partial charge in [-0.25, -0.2) is 0 Å². The number of nitriles is 1. The lowest BCUT2D eigenvalue weighted by molar-refractivity contribution is -0.141. The largest absolute Gasteiger partial charge is 0.480 e. The molecule has 0 spiro atoms. The van der Waals surface area contributed by atoms with Crippen molar-refractivity contribution in [2.75, 3.05) is 11.9 Å². The van der Waals surface area contributed by atoms with Gasteiger partial charge in [0, 0.05) is 17.8 Å². The molecule has 0 fully saturated rings. The van der Waals surface area contributed by atoms with E-state index < -0.39 is 17.9 Å². The smallest absolute Gasteiger partial charge is 0.325 e. The Morgan fingerprint density at radius 3 is 2.50 bits per heavy atom. The van der Waals surface area contributed by atoms with Gasteiger partial charge in [0.25, 0.3) is 5.91 Å². The van der Waals surface area contributed by atoms with Crippen LogP contribution in [0.1, 0.15) is 28.4 Å². The lowest BCUT2D eigenvalue weighted by atomic mass is 10.0. The summed E-state index contributed by atoms with van der Waals surface area (Å²) in [7, 11) is 0. The summed E-state index contributed by atoms with van der Waals surface area (Å²) < 4.78 is 0. The van der Waals surface area contributed by atoms with Crippen molar-refractivity contribution >= 4 is 34.2 Å². The molecule has 4 N–H and O–H groups in total. The van der Waals surface area contributed by atoms with E-state index in [1.807, 2.05) is 12.1 Å². The van der Waals surface area contributed by atoms with Crippen molar-refractivity contribution in [3.05, 3.63) is 77.4 Å². The molecular formula is C24H22N4O4. The zero-order valence-electron chi connectivity index (χ0n) is 17.4. The van der Waals surface area contributed by atoms with Gasteiger partial charge in [-0.3, -0.25) is 14.4 Å². The molecule has 0 aliphatic rings. The Bertz CT molecular complexity index is 1200. The minimum absolute atomic E-state index is 0.0755. The first-order chi connectivity index (χ1) is 15.4. The number of benzene rings is 3. The van der Waals surface area contributed by atoms with Crippen molar-refractivity contribution in [2.45, 2.75) is 19.5 Å². The van der Waals surface area contributed by atoms with Crippen molar-refractivity contribution in [3.8, 4) is 6.07 Å². The van der Waals surface area contributed by atoms with Crippen molar-refractivity contribution in [2.24, 2.45) is 0 Å². The topological polar surface area (TPSA) is 131 Å². The van der Waals surface area contributed by atoms with E-state index >= 15 is 0 Å². The zero-order chi connectivity index (χ0) is 23.1. The number of nitrogens with zero attached hydrogens (tertiary/aromatic N) is 1. The molecule has 162 valence electrons. The number of carboxylic acids is 1. The summed E-state index contributed by atoms with van der Waals surface area (Å²) in [5.74, 6) is -1.76. The number of hydrogen-bond acceptors (Lipinski definition) is 5. The summed E-state index contributed by atoms with van der Waals surface area (Å²) in [4.78, 5) is 35.4. The fourth-order valence-electron chi connectivity index (χ4n) is 3.10. The highest BCUT2D eigenvalue weighted by Crippen LogP contribution is 2.23. The molecule has 8 nitrogen and oxygen atoms in total. The Hall–Kier alpha value is -4.38. The minimum Gasteiger partial charge on any atom is -0.480 e. The van der Waals surface area contributed by atoms with E-state index in [0.29, 0.717) is 23.4 Å². The molecule has 0 bridgehead atoms. The maximum Gasteiger partial charge on any atom is 0.325 e. The number of aliphatic carboxylic acids is 1. The Morgan fingerprint density at radius 1 is 1.06 bits per heavy atom. The second-order valence-corrected chi connectivity index (χ2v) is 7.21. The van der Waals surface area contributed by atoms with Crippen LogP contribution in [0.4, 0.5) is 5.69 Å². The van der Waals surface area contributed by atoms with Crippen LogP contribution >= 0.6 is 0 Å². The fraction of sp³-hybridized carbons (Fsp3) is 0.167. The molecule has 0 aliphatic carbocycles. The van der Waals surface area contributed by atoms with Gasteiger partial charge in [0.15, 0.2) is 0 Å². The molecule has 0 saturated carbocycles. The van der Waals surface area contributed by atoms with E-state index in [2.05, 4.69) is 22.0 Å². The fourth-order valence-corrected chi connectivity index (χ4v) is 3.10. The molecule has 2 amide bonds. The second-order valence-electron chi connectivity index (χ2n) is 7.21. The van der Waals surface area contributed by atoms with Crippen LogP contribution in [0.2, 0.25) is 0 Å². The van der Waals surface area contributed by atoms with Crippen LogP contribution in [0.25, 0.3) is 10.8 Å². The number of fused-ring (bicyclic) bond motifs is 1. The van der Waals surface area contributed by atoms with Crippen LogP contribution < -0.4 is 16.0 Å². The summed E-state index contributed by atoms with van der Waals surface area (Å²) in [5.41, 5.74) is 2.65.